The smallest absolute Gasteiger partial charge is 0.230 e. The Morgan fingerprint density at radius 3 is 3.41 bits per heavy atom. The lowest BCUT2D eigenvalue weighted by molar-refractivity contribution is -0.131. The molecule has 2 N–H and O–H groups in total. The quantitative estimate of drug-likeness (QED) is 0.866. The van der Waals surface area contributed by atoms with E-state index in [2.05, 4.69) is 15.6 Å². The predicted octanol–water partition coefficient (Wildman–Crippen LogP) is 0.495. The molecule has 0 aliphatic carbocycles. The van der Waals surface area contributed by atoms with E-state index in [9.17, 15) is 4.79 Å². The fourth-order valence-corrected chi connectivity index (χ4v) is 3.63. The van der Waals surface area contributed by atoms with Gasteiger partial charge in [-0.2, -0.15) is 0 Å². The average Bonchev–Trinajstić information content (AvgIpc) is 3.16. The van der Waals surface area contributed by atoms with Gasteiger partial charge in [-0.3, -0.25) is 4.79 Å². The van der Waals surface area contributed by atoms with Gasteiger partial charge in [-0.25, -0.2) is 4.98 Å². The maximum absolute atomic E-state index is 12.7. The number of hydrogen-bond donors (Lipinski definition) is 2. The van der Waals surface area contributed by atoms with Gasteiger partial charge in [0.1, 0.15) is 5.65 Å². The summed E-state index contributed by atoms with van der Waals surface area (Å²) in [5.74, 6) is 0.376. The summed E-state index contributed by atoms with van der Waals surface area (Å²) in [4.78, 5) is 17.3. The number of aryl methyl sites for hydroxylation is 1. The zero-order valence-corrected chi connectivity index (χ0v) is 12.6. The van der Waals surface area contributed by atoms with E-state index in [1.807, 2.05) is 35.7 Å². The fraction of sp³-hybridized carbons (Fsp3) is 0.500. The highest BCUT2D eigenvalue weighted by atomic mass is 16.5. The summed E-state index contributed by atoms with van der Waals surface area (Å²) in [5, 5.41) is 6.42. The summed E-state index contributed by atoms with van der Waals surface area (Å²) in [7, 11) is 0. The van der Waals surface area contributed by atoms with E-state index in [0.29, 0.717) is 26.3 Å². The number of nitrogens with zero attached hydrogens (tertiary/aromatic N) is 2. The lowest BCUT2D eigenvalue weighted by atomic mass is 9.80. The molecule has 2 saturated heterocycles. The normalized spacial score (nSPS) is 27.2. The highest BCUT2D eigenvalue weighted by molar-refractivity contribution is 5.84. The minimum absolute atomic E-state index is 0.0882. The van der Waals surface area contributed by atoms with Crippen molar-refractivity contribution in [2.24, 2.45) is 11.3 Å². The van der Waals surface area contributed by atoms with E-state index < -0.39 is 5.41 Å². The van der Waals surface area contributed by atoms with Crippen molar-refractivity contribution in [3.8, 4) is 0 Å². The first-order valence-corrected chi connectivity index (χ1v) is 7.70. The van der Waals surface area contributed by atoms with Gasteiger partial charge in [0.15, 0.2) is 0 Å². The molecule has 2 aromatic rings. The molecular weight excluding hydrogens is 280 g/mol. The molecule has 2 aliphatic rings. The Morgan fingerprint density at radius 1 is 1.59 bits per heavy atom. The zero-order chi connectivity index (χ0) is 15.2. The van der Waals surface area contributed by atoms with E-state index in [1.54, 1.807) is 0 Å². The molecule has 1 amide bonds. The Hall–Kier alpha value is -1.92. The molecule has 6 heteroatoms. The third kappa shape index (κ3) is 1.94. The van der Waals surface area contributed by atoms with E-state index in [0.717, 1.165) is 23.6 Å². The molecule has 116 valence electrons. The Balaban J connectivity index is 1.54. The van der Waals surface area contributed by atoms with Crippen molar-refractivity contribution in [3.05, 3.63) is 35.8 Å². The third-order valence-corrected chi connectivity index (χ3v) is 4.99. The van der Waals surface area contributed by atoms with Crippen LogP contribution in [-0.2, 0) is 16.1 Å². The monoisotopic (exact) mass is 300 g/mol. The molecule has 0 bridgehead atoms. The summed E-state index contributed by atoms with van der Waals surface area (Å²) >= 11 is 0. The number of ether oxygens (including phenoxy) is 1. The van der Waals surface area contributed by atoms with Crippen LogP contribution in [0.25, 0.3) is 5.65 Å². The molecule has 0 spiro atoms. The number of aromatic nitrogens is 2. The van der Waals surface area contributed by atoms with Crippen LogP contribution in [-0.4, -0.2) is 41.6 Å². The summed E-state index contributed by atoms with van der Waals surface area (Å²) in [6.45, 7) is 5.23. The number of fused-ring (bicyclic) bond motifs is 2. The molecule has 0 radical (unpaired) electrons. The molecule has 0 aromatic carbocycles. The number of rotatable bonds is 3. The van der Waals surface area contributed by atoms with Crippen LogP contribution in [0.1, 0.15) is 11.4 Å². The average molecular weight is 300 g/mol. The number of carbonyl (C=O) groups is 1. The van der Waals surface area contributed by atoms with Crippen molar-refractivity contribution in [1.29, 1.82) is 0 Å². The van der Waals surface area contributed by atoms with E-state index in [1.165, 1.54) is 0 Å². The van der Waals surface area contributed by atoms with Crippen LogP contribution >= 0.6 is 0 Å². The number of amides is 1. The molecule has 4 rings (SSSR count). The van der Waals surface area contributed by atoms with Gasteiger partial charge in [0.25, 0.3) is 0 Å². The van der Waals surface area contributed by atoms with Crippen LogP contribution in [0.2, 0.25) is 0 Å². The van der Waals surface area contributed by atoms with E-state index in [4.69, 9.17) is 4.74 Å². The second-order valence-electron chi connectivity index (χ2n) is 6.25. The molecule has 2 aromatic heterocycles. The minimum atomic E-state index is -0.394. The summed E-state index contributed by atoms with van der Waals surface area (Å²) < 4.78 is 7.58. The first kappa shape index (κ1) is 13.7. The van der Waals surface area contributed by atoms with Crippen molar-refractivity contribution in [1.82, 2.24) is 20.0 Å². The second-order valence-corrected chi connectivity index (χ2v) is 6.25. The highest BCUT2D eigenvalue weighted by Gasteiger charge is 2.52. The molecule has 4 heterocycles. The van der Waals surface area contributed by atoms with Crippen LogP contribution < -0.4 is 10.6 Å². The molecule has 0 unspecified atom stereocenters. The number of hydrogen-bond acceptors (Lipinski definition) is 4. The first-order chi connectivity index (χ1) is 10.7. The molecule has 0 saturated carbocycles. The minimum Gasteiger partial charge on any atom is -0.380 e. The van der Waals surface area contributed by atoms with Crippen molar-refractivity contribution in [3.63, 3.8) is 0 Å². The number of pyridine rings is 1. The van der Waals surface area contributed by atoms with Crippen LogP contribution in [0, 0.1) is 18.3 Å². The third-order valence-electron chi connectivity index (χ3n) is 4.99. The molecule has 2 fully saturated rings. The van der Waals surface area contributed by atoms with Crippen LogP contribution in [0.5, 0.6) is 0 Å². The van der Waals surface area contributed by atoms with E-state index in [-0.39, 0.29) is 11.8 Å². The van der Waals surface area contributed by atoms with Gasteiger partial charge >= 0.3 is 0 Å². The lowest BCUT2D eigenvalue weighted by Crippen LogP contribution is -2.46. The van der Waals surface area contributed by atoms with Crippen molar-refractivity contribution in [2.45, 2.75) is 13.5 Å². The Bertz CT molecular complexity index is 714. The second kappa shape index (κ2) is 5.07. The summed E-state index contributed by atoms with van der Waals surface area (Å²) in [6, 6.07) is 5.91. The Morgan fingerprint density at radius 2 is 2.50 bits per heavy atom. The molecule has 2 aliphatic heterocycles. The number of nitrogens with one attached hydrogen (secondary N) is 2. The van der Waals surface area contributed by atoms with Gasteiger partial charge in [0.05, 0.1) is 36.6 Å². The molecular formula is C16H20N4O2. The Kier molecular flexibility index (Phi) is 3.16. The topological polar surface area (TPSA) is 67.7 Å². The van der Waals surface area contributed by atoms with Gasteiger partial charge in [-0.05, 0) is 19.1 Å². The fourth-order valence-electron chi connectivity index (χ4n) is 3.63. The summed E-state index contributed by atoms with van der Waals surface area (Å²) in [6.07, 6.45) is 1.98. The summed E-state index contributed by atoms with van der Waals surface area (Å²) in [5.41, 5.74) is 2.50. The van der Waals surface area contributed by atoms with Gasteiger partial charge in [-0.15, -0.1) is 0 Å². The standard InChI is InChI=1S/C16H20N4O2/c1-11-13(20-5-3-2-4-14(20)19-11)7-18-15(21)16-9-17-6-12(16)8-22-10-16/h2-5,12,17H,6-10H2,1H3,(H,18,21)/t12-,16-/m0/s1. The first-order valence-electron chi connectivity index (χ1n) is 7.70. The van der Waals surface area contributed by atoms with Crippen molar-refractivity contribution < 1.29 is 9.53 Å². The van der Waals surface area contributed by atoms with Crippen LogP contribution in [0.15, 0.2) is 24.4 Å². The zero-order valence-electron chi connectivity index (χ0n) is 12.6. The largest absolute Gasteiger partial charge is 0.380 e. The maximum atomic E-state index is 12.7. The van der Waals surface area contributed by atoms with Gasteiger partial charge in [0, 0.05) is 25.2 Å². The van der Waals surface area contributed by atoms with Gasteiger partial charge in [-0.1, -0.05) is 6.07 Å². The Labute approximate surface area is 128 Å². The molecule has 2 atom stereocenters. The number of imidazole rings is 1. The highest BCUT2D eigenvalue weighted by Crippen LogP contribution is 2.37. The van der Waals surface area contributed by atoms with Crippen LogP contribution in [0.3, 0.4) is 0 Å². The number of carbonyl (C=O) groups excluding carboxylic acids is 1. The molecule has 22 heavy (non-hydrogen) atoms. The van der Waals surface area contributed by atoms with E-state index >= 15 is 0 Å². The lowest BCUT2D eigenvalue weighted by Gasteiger charge is -2.24. The predicted molar refractivity (Wildman–Crippen MR) is 81.4 cm³/mol. The maximum Gasteiger partial charge on any atom is 0.230 e. The van der Waals surface area contributed by atoms with Crippen LogP contribution in [0.4, 0.5) is 0 Å². The van der Waals surface area contributed by atoms with Crippen molar-refractivity contribution >= 4 is 11.6 Å². The van der Waals surface area contributed by atoms with Crippen molar-refractivity contribution in [2.75, 3.05) is 26.3 Å². The van der Waals surface area contributed by atoms with Gasteiger partial charge in [0.2, 0.25) is 5.91 Å². The molecule has 6 nitrogen and oxygen atoms in total. The van der Waals surface area contributed by atoms with Gasteiger partial charge < -0.3 is 19.8 Å². The SMILES string of the molecule is Cc1nc2ccccn2c1CNC(=O)[C@]12CNC[C@H]1COC2.